The fourth-order valence-corrected chi connectivity index (χ4v) is 5.01. The predicted octanol–water partition coefficient (Wildman–Crippen LogP) is 1.59. The van der Waals surface area contributed by atoms with Crippen LogP contribution in [0.2, 0.25) is 0 Å². The summed E-state index contributed by atoms with van der Waals surface area (Å²) in [4.78, 5) is 24.9. The van der Waals surface area contributed by atoms with Crippen molar-refractivity contribution in [3.05, 3.63) is 18.2 Å². The molecule has 9 nitrogen and oxygen atoms in total. The summed E-state index contributed by atoms with van der Waals surface area (Å²) >= 11 is 0. The molecule has 2 heterocycles. The third-order valence-corrected chi connectivity index (χ3v) is 6.43. The third kappa shape index (κ3) is 5.06. The number of carbonyl (C=O) groups is 2. The van der Waals surface area contributed by atoms with E-state index in [1.54, 1.807) is 18.2 Å². The largest absolute Gasteiger partial charge is 0.490 e. The Morgan fingerprint density at radius 2 is 1.93 bits per heavy atom. The fraction of sp³-hybridized carbons (Fsp3) is 0.526. The number of amides is 2. The highest BCUT2D eigenvalue weighted by atomic mass is 32.2. The molecule has 2 aliphatic heterocycles. The number of carbonyl (C=O) groups excluding carboxylic acids is 2. The second kappa shape index (κ2) is 8.81. The number of hydrazone groups is 1. The SMILES string of the molecule is CCOc1ccc(NC(=O)C2=NN([C@@H]3CCS(=O)(=O)C3)C(=O)CC2)cc1OCC. The minimum absolute atomic E-state index is 0.0326. The Bertz CT molecular complexity index is 928. The average molecular weight is 423 g/mol. The molecule has 0 saturated carbocycles. The molecular formula is C19H25N3O6S. The molecule has 2 aliphatic rings. The quantitative estimate of drug-likeness (QED) is 0.712. The molecule has 0 aromatic heterocycles. The molecule has 0 spiro atoms. The van der Waals surface area contributed by atoms with Crippen LogP contribution in [0.5, 0.6) is 11.5 Å². The van der Waals surface area contributed by atoms with Crippen molar-refractivity contribution in [2.75, 3.05) is 30.0 Å². The number of hydrogen-bond acceptors (Lipinski definition) is 7. The zero-order chi connectivity index (χ0) is 21.0. The second-order valence-electron chi connectivity index (χ2n) is 6.82. The minimum Gasteiger partial charge on any atom is -0.490 e. The van der Waals surface area contributed by atoms with Gasteiger partial charge in [-0.05, 0) is 32.4 Å². The predicted molar refractivity (Wildman–Crippen MR) is 108 cm³/mol. The highest BCUT2D eigenvalue weighted by Gasteiger charge is 2.37. The molecule has 1 N–H and O–H groups in total. The fourth-order valence-electron chi connectivity index (χ4n) is 3.32. The van der Waals surface area contributed by atoms with Crippen molar-refractivity contribution in [1.29, 1.82) is 0 Å². The van der Waals surface area contributed by atoms with Gasteiger partial charge in [-0.15, -0.1) is 0 Å². The van der Waals surface area contributed by atoms with E-state index in [1.807, 2.05) is 13.8 Å². The van der Waals surface area contributed by atoms with Gasteiger partial charge in [0.15, 0.2) is 21.3 Å². The Labute approximate surface area is 170 Å². The Hall–Kier alpha value is -2.62. The molecule has 1 aromatic rings. The van der Waals surface area contributed by atoms with Crippen LogP contribution < -0.4 is 14.8 Å². The lowest BCUT2D eigenvalue weighted by Gasteiger charge is -2.27. The summed E-state index contributed by atoms with van der Waals surface area (Å²) in [6, 6.07) is 4.57. The van der Waals surface area contributed by atoms with E-state index >= 15 is 0 Å². The minimum atomic E-state index is -3.16. The highest BCUT2D eigenvalue weighted by Crippen LogP contribution is 2.31. The van der Waals surface area contributed by atoms with E-state index in [-0.39, 0.29) is 36.0 Å². The molecule has 29 heavy (non-hydrogen) atoms. The summed E-state index contributed by atoms with van der Waals surface area (Å²) < 4.78 is 34.5. The van der Waals surface area contributed by atoms with Gasteiger partial charge in [-0.1, -0.05) is 0 Å². The van der Waals surface area contributed by atoms with E-state index < -0.39 is 21.8 Å². The van der Waals surface area contributed by atoms with Crippen LogP contribution in [0.25, 0.3) is 0 Å². The summed E-state index contributed by atoms with van der Waals surface area (Å²) in [5.41, 5.74) is 0.706. The van der Waals surface area contributed by atoms with Crippen LogP contribution in [0, 0.1) is 0 Å². The number of ether oxygens (including phenoxy) is 2. The highest BCUT2D eigenvalue weighted by molar-refractivity contribution is 7.91. The van der Waals surface area contributed by atoms with Crippen molar-refractivity contribution in [2.24, 2.45) is 5.10 Å². The number of benzene rings is 1. The van der Waals surface area contributed by atoms with Gasteiger partial charge in [-0.3, -0.25) is 9.59 Å². The first-order valence-corrected chi connectivity index (χ1v) is 11.5. The third-order valence-electron chi connectivity index (χ3n) is 4.68. The Morgan fingerprint density at radius 1 is 1.21 bits per heavy atom. The van der Waals surface area contributed by atoms with E-state index in [1.165, 1.54) is 5.01 Å². The van der Waals surface area contributed by atoms with Gasteiger partial charge in [0.25, 0.3) is 5.91 Å². The molecule has 0 bridgehead atoms. The molecule has 158 valence electrons. The lowest BCUT2D eigenvalue weighted by atomic mass is 10.1. The topological polar surface area (TPSA) is 114 Å². The van der Waals surface area contributed by atoms with Gasteiger partial charge < -0.3 is 14.8 Å². The zero-order valence-electron chi connectivity index (χ0n) is 16.5. The van der Waals surface area contributed by atoms with Crippen LogP contribution in [0.3, 0.4) is 0 Å². The lowest BCUT2D eigenvalue weighted by Crippen LogP contribution is -2.42. The van der Waals surface area contributed by atoms with Crippen LogP contribution in [-0.4, -0.2) is 61.7 Å². The van der Waals surface area contributed by atoms with Gasteiger partial charge in [0.2, 0.25) is 5.91 Å². The number of sulfone groups is 1. The average Bonchev–Trinajstić information content (AvgIpc) is 3.04. The first kappa shape index (κ1) is 21.1. The number of rotatable bonds is 7. The van der Waals surface area contributed by atoms with Crippen molar-refractivity contribution < 1.29 is 27.5 Å². The molecule has 0 radical (unpaired) electrons. The summed E-state index contributed by atoms with van der Waals surface area (Å²) in [7, 11) is -3.16. The van der Waals surface area contributed by atoms with Crippen molar-refractivity contribution >= 4 is 33.1 Å². The van der Waals surface area contributed by atoms with Gasteiger partial charge in [-0.2, -0.15) is 5.10 Å². The molecular weight excluding hydrogens is 398 g/mol. The molecule has 0 aliphatic carbocycles. The van der Waals surface area contributed by atoms with Crippen molar-refractivity contribution in [3.8, 4) is 11.5 Å². The summed E-state index contributed by atoms with van der Waals surface area (Å²) in [5.74, 6) is 0.323. The van der Waals surface area contributed by atoms with Crippen molar-refractivity contribution in [3.63, 3.8) is 0 Å². The number of hydrogen-bond donors (Lipinski definition) is 1. The van der Waals surface area contributed by atoms with E-state index in [0.717, 1.165) is 0 Å². The van der Waals surface area contributed by atoms with Crippen molar-refractivity contribution in [2.45, 2.75) is 39.2 Å². The van der Waals surface area contributed by atoms with Gasteiger partial charge in [-0.25, -0.2) is 13.4 Å². The molecule has 1 saturated heterocycles. The monoisotopic (exact) mass is 423 g/mol. The van der Waals surface area contributed by atoms with Gasteiger partial charge >= 0.3 is 0 Å². The maximum atomic E-state index is 12.7. The molecule has 0 unspecified atom stereocenters. The Morgan fingerprint density at radius 3 is 2.59 bits per heavy atom. The molecule has 10 heteroatoms. The first-order chi connectivity index (χ1) is 13.8. The van der Waals surface area contributed by atoms with Gasteiger partial charge in [0.05, 0.1) is 30.8 Å². The smallest absolute Gasteiger partial charge is 0.271 e. The zero-order valence-corrected chi connectivity index (χ0v) is 17.3. The van der Waals surface area contributed by atoms with E-state index in [0.29, 0.717) is 36.8 Å². The van der Waals surface area contributed by atoms with E-state index in [2.05, 4.69) is 10.4 Å². The lowest BCUT2D eigenvalue weighted by molar-refractivity contribution is -0.133. The number of anilines is 1. The molecule has 1 aromatic carbocycles. The van der Waals surface area contributed by atoms with Crippen LogP contribution >= 0.6 is 0 Å². The van der Waals surface area contributed by atoms with Crippen LogP contribution in [0.1, 0.15) is 33.1 Å². The van der Waals surface area contributed by atoms with E-state index in [9.17, 15) is 18.0 Å². The Balaban J connectivity index is 1.75. The van der Waals surface area contributed by atoms with Gasteiger partial charge in [0, 0.05) is 24.6 Å². The van der Waals surface area contributed by atoms with Crippen LogP contribution in [-0.2, 0) is 19.4 Å². The number of nitrogens with zero attached hydrogens (tertiary/aromatic N) is 2. The molecule has 1 fully saturated rings. The summed E-state index contributed by atoms with van der Waals surface area (Å²) in [6.07, 6.45) is 0.662. The standard InChI is InChI=1S/C19H25N3O6S/c1-3-27-16-7-5-13(11-17(16)28-4-2)20-19(24)15-6-8-18(23)22(21-15)14-9-10-29(25,26)12-14/h5,7,11,14H,3-4,6,8-10,12H2,1-2H3,(H,20,24)/t14-/m1/s1. The summed E-state index contributed by atoms with van der Waals surface area (Å²) in [5, 5.41) is 8.11. The van der Waals surface area contributed by atoms with Crippen LogP contribution in [0.15, 0.2) is 23.3 Å². The Kier molecular flexibility index (Phi) is 6.41. The number of nitrogens with one attached hydrogen (secondary N) is 1. The maximum absolute atomic E-state index is 12.7. The summed E-state index contributed by atoms with van der Waals surface area (Å²) in [6.45, 7) is 4.66. The molecule has 1 atom stereocenters. The van der Waals surface area contributed by atoms with E-state index in [4.69, 9.17) is 9.47 Å². The van der Waals surface area contributed by atoms with Crippen LogP contribution in [0.4, 0.5) is 5.69 Å². The van der Waals surface area contributed by atoms with Gasteiger partial charge in [0.1, 0.15) is 5.71 Å². The first-order valence-electron chi connectivity index (χ1n) is 9.64. The van der Waals surface area contributed by atoms with Crippen molar-refractivity contribution in [1.82, 2.24) is 5.01 Å². The second-order valence-corrected chi connectivity index (χ2v) is 9.05. The normalized spacial score (nSPS) is 20.9. The molecule has 2 amide bonds. The maximum Gasteiger partial charge on any atom is 0.271 e. The molecule has 3 rings (SSSR count).